The molecule has 0 atom stereocenters. The smallest absolute Gasteiger partial charge is 0.256 e. The molecule has 2 heterocycles. The molecule has 1 saturated heterocycles. The zero-order valence-corrected chi connectivity index (χ0v) is 19.3. The maximum Gasteiger partial charge on any atom is 0.256 e. The predicted octanol–water partition coefficient (Wildman–Crippen LogP) is 2.34. The number of anilines is 1. The molecule has 1 aromatic heterocycles. The molecule has 1 fully saturated rings. The van der Waals surface area contributed by atoms with E-state index < -0.39 is 0 Å². The number of halogens is 1. The molecule has 1 aliphatic rings. The molecule has 0 saturated carbocycles. The number of hydrogen-bond donors (Lipinski definition) is 2. The van der Waals surface area contributed by atoms with Crippen LogP contribution in [0.25, 0.3) is 10.9 Å². The van der Waals surface area contributed by atoms with E-state index in [1.165, 1.54) is 0 Å². The Morgan fingerprint density at radius 2 is 1.88 bits per heavy atom. The highest BCUT2D eigenvalue weighted by Gasteiger charge is 2.26. The van der Waals surface area contributed by atoms with Gasteiger partial charge in [-0.1, -0.05) is 29.8 Å². The summed E-state index contributed by atoms with van der Waals surface area (Å²) in [7, 11) is 1.66. The molecular weight excluding hydrogens is 442 g/mol. The van der Waals surface area contributed by atoms with Crippen LogP contribution in [-0.4, -0.2) is 67.7 Å². The number of hydrogen-bond acceptors (Lipinski definition) is 5. The first-order valence-electron chi connectivity index (χ1n) is 10.9. The Labute approximate surface area is 197 Å². The van der Waals surface area contributed by atoms with Crippen molar-refractivity contribution in [3.63, 3.8) is 0 Å². The highest BCUT2D eigenvalue weighted by Crippen LogP contribution is 2.30. The fourth-order valence-corrected chi connectivity index (χ4v) is 4.37. The first-order chi connectivity index (χ1) is 16.0. The topological polar surface area (TPSA) is 92.8 Å². The van der Waals surface area contributed by atoms with Crippen molar-refractivity contribution in [1.29, 1.82) is 0 Å². The highest BCUT2D eigenvalue weighted by atomic mass is 35.5. The van der Waals surface area contributed by atoms with Crippen molar-refractivity contribution in [2.75, 3.05) is 51.3 Å². The van der Waals surface area contributed by atoms with Crippen LogP contribution in [0.1, 0.15) is 10.4 Å². The number of aromatic nitrogens is 1. The van der Waals surface area contributed by atoms with E-state index in [9.17, 15) is 9.59 Å². The molecule has 0 aliphatic carbocycles. The second kappa shape index (κ2) is 10.1. The number of nitrogens with zero attached hydrogens (tertiary/aromatic N) is 3. The maximum atomic E-state index is 13.5. The summed E-state index contributed by atoms with van der Waals surface area (Å²) < 4.78 is 7.25. The number of para-hydroxylation sites is 2. The van der Waals surface area contributed by atoms with Gasteiger partial charge in [-0.05, 0) is 24.3 Å². The average Bonchev–Trinajstić information content (AvgIpc) is 3.19. The third kappa shape index (κ3) is 4.91. The van der Waals surface area contributed by atoms with E-state index in [2.05, 4.69) is 10.2 Å². The normalized spacial score (nSPS) is 13.9. The van der Waals surface area contributed by atoms with Gasteiger partial charge < -0.3 is 30.2 Å². The van der Waals surface area contributed by atoms with E-state index in [1.54, 1.807) is 30.0 Å². The first kappa shape index (κ1) is 22.9. The summed E-state index contributed by atoms with van der Waals surface area (Å²) in [5, 5.41) is 4.09. The van der Waals surface area contributed by atoms with Crippen molar-refractivity contribution < 1.29 is 14.3 Å². The third-order valence-corrected chi connectivity index (χ3v) is 6.08. The van der Waals surface area contributed by atoms with Crippen LogP contribution in [0.3, 0.4) is 0 Å². The van der Waals surface area contributed by atoms with Crippen LogP contribution in [-0.2, 0) is 11.3 Å². The Bertz CT molecular complexity index is 1150. The van der Waals surface area contributed by atoms with Crippen molar-refractivity contribution >= 4 is 40.0 Å². The second-order valence-corrected chi connectivity index (χ2v) is 8.36. The van der Waals surface area contributed by atoms with Gasteiger partial charge in [0.2, 0.25) is 5.91 Å². The lowest BCUT2D eigenvalue weighted by atomic mass is 10.1. The fraction of sp³-hybridized carbons (Fsp3) is 0.333. The number of carbonyl (C=O) groups excluding carboxylic acids is 2. The molecule has 0 radical (unpaired) electrons. The fourth-order valence-electron chi connectivity index (χ4n) is 4.20. The SMILES string of the molecule is COc1ccccc1N1CCN(C(=O)c2cn(CC(=O)NCCN)c3cc(Cl)ccc23)CC1. The van der Waals surface area contributed by atoms with Gasteiger partial charge in [0.15, 0.2) is 0 Å². The van der Waals surface area contributed by atoms with E-state index in [-0.39, 0.29) is 18.4 Å². The van der Waals surface area contributed by atoms with Gasteiger partial charge in [-0.3, -0.25) is 9.59 Å². The van der Waals surface area contributed by atoms with Crippen molar-refractivity contribution in [2.24, 2.45) is 5.73 Å². The quantitative estimate of drug-likeness (QED) is 0.554. The Morgan fingerprint density at radius 3 is 2.61 bits per heavy atom. The number of amides is 2. The molecule has 2 amide bonds. The van der Waals surface area contributed by atoms with Gasteiger partial charge in [0.1, 0.15) is 12.3 Å². The maximum absolute atomic E-state index is 13.5. The minimum absolute atomic E-state index is 0.0527. The Kier molecular flexibility index (Phi) is 7.05. The number of carbonyl (C=O) groups is 2. The predicted molar refractivity (Wildman–Crippen MR) is 130 cm³/mol. The summed E-state index contributed by atoms with van der Waals surface area (Å²) in [6.07, 6.45) is 1.75. The van der Waals surface area contributed by atoms with Gasteiger partial charge in [0, 0.05) is 55.9 Å². The largest absolute Gasteiger partial charge is 0.495 e. The van der Waals surface area contributed by atoms with Crippen LogP contribution in [0, 0.1) is 0 Å². The second-order valence-electron chi connectivity index (χ2n) is 7.92. The Morgan fingerprint density at radius 1 is 1.12 bits per heavy atom. The third-order valence-electron chi connectivity index (χ3n) is 5.85. The van der Waals surface area contributed by atoms with Gasteiger partial charge in [-0.15, -0.1) is 0 Å². The number of nitrogens with two attached hydrogens (primary N) is 1. The lowest BCUT2D eigenvalue weighted by Gasteiger charge is -2.36. The van der Waals surface area contributed by atoms with Gasteiger partial charge >= 0.3 is 0 Å². The molecule has 4 rings (SSSR count). The lowest BCUT2D eigenvalue weighted by Crippen LogP contribution is -2.48. The van der Waals surface area contributed by atoms with Gasteiger partial charge in [0.05, 0.1) is 23.9 Å². The van der Waals surface area contributed by atoms with E-state index in [4.69, 9.17) is 22.1 Å². The number of ether oxygens (including phenoxy) is 1. The number of fused-ring (bicyclic) bond motifs is 1. The molecule has 174 valence electrons. The van der Waals surface area contributed by atoms with E-state index >= 15 is 0 Å². The number of benzene rings is 2. The van der Waals surface area contributed by atoms with Crippen molar-refractivity contribution in [2.45, 2.75) is 6.54 Å². The minimum atomic E-state index is -0.165. The zero-order chi connectivity index (χ0) is 23.4. The van der Waals surface area contributed by atoms with Crippen LogP contribution in [0.15, 0.2) is 48.7 Å². The first-order valence-corrected chi connectivity index (χ1v) is 11.3. The molecule has 1 aliphatic heterocycles. The van der Waals surface area contributed by atoms with Crippen LogP contribution in [0.5, 0.6) is 5.75 Å². The molecule has 3 N–H and O–H groups in total. The van der Waals surface area contributed by atoms with E-state index in [1.807, 2.05) is 35.2 Å². The van der Waals surface area contributed by atoms with Crippen LogP contribution >= 0.6 is 11.6 Å². The van der Waals surface area contributed by atoms with Gasteiger partial charge in [0.25, 0.3) is 5.91 Å². The highest BCUT2D eigenvalue weighted by molar-refractivity contribution is 6.31. The Hall–Kier alpha value is -3.23. The van der Waals surface area contributed by atoms with Crippen molar-refractivity contribution in [1.82, 2.24) is 14.8 Å². The molecule has 0 bridgehead atoms. The molecule has 0 unspecified atom stereocenters. The van der Waals surface area contributed by atoms with Crippen molar-refractivity contribution in [3.05, 3.63) is 59.2 Å². The monoisotopic (exact) mass is 469 g/mol. The Balaban J connectivity index is 1.53. The minimum Gasteiger partial charge on any atom is -0.495 e. The number of piperazine rings is 1. The number of nitrogens with one attached hydrogen (secondary N) is 1. The molecule has 0 spiro atoms. The summed E-state index contributed by atoms with van der Waals surface area (Å²) in [6.45, 7) is 3.46. The van der Waals surface area contributed by atoms with Crippen molar-refractivity contribution in [3.8, 4) is 5.75 Å². The summed E-state index contributed by atoms with van der Waals surface area (Å²) >= 11 is 6.21. The van der Waals surface area contributed by atoms with Gasteiger partial charge in [-0.25, -0.2) is 0 Å². The molecule has 8 nitrogen and oxygen atoms in total. The standard InChI is InChI=1S/C24H28ClN5O3/c1-33-22-5-3-2-4-20(22)28-10-12-29(13-11-28)24(32)19-15-30(16-23(31)27-9-8-26)21-14-17(25)6-7-18(19)21/h2-7,14-15H,8-13,16,26H2,1H3,(H,27,31). The molecular formula is C24H28ClN5O3. The van der Waals surface area contributed by atoms with Crippen LogP contribution in [0.2, 0.25) is 5.02 Å². The van der Waals surface area contributed by atoms with E-state index in [0.29, 0.717) is 49.9 Å². The molecule has 2 aromatic carbocycles. The summed E-state index contributed by atoms with van der Waals surface area (Å²) in [5.74, 6) is 0.606. The van der Waals surface area contributed by atoms with E-state index in [0.717, 1.165) is 22.3 Å². The average molecular weight is 470 g/mol. The van der Waals surface area contributed by atoms with Crippen LogP contribution < -0.4 is 20.7 Å². The van der Waals surface area contributed by atoms with Gasteiger partial charge in [-0.2, -0.15) is 0 Å². The summed E-state index contributed by atoms with van der Waals surface area (Å²) in [4.78, 5) is 29.8. The summed E-state index contributed by atoms with van der Waals surface area (Å²) in [5.41, 5.74) is 7.82. The summed E-state index contributed by atoms with van der Waals surface area (Å²) in [6, 6.07) is 13.3. The lowest BCUT2D eigenvalue weighted by molar-refractivity contribution is -0.121. The molecule has 3 aromatic rings. The molecule has 33 heavy (non-hydrogen) atoms. The molecule has 9 heteroatoms. The number of rotatable bonds is 7. The number of methoxy groups -OCH3 is 1. The van der Waals surface area contributed by atoms with Crippen LogP contribution in [0.4, 0.5) is 5.69 Å². The zero-order valence-electron chi connectivity index (χ0n) is 18.6.